The molecule has 0 heterocycles. The van der Waals surface area contributed by atoms with E-state index in [-0.39, 0.29) is 6.79 Å². The summed E-state index contributed by atoms with van der Waals surface area (Å²) in [4.78, 5) is 0. The lowest BCUT2D eigenvalue weighted by Crippen LogP contribution is -2.08. The van der Waals surface area contributed by atoms with Gasteiger partial charge in [-0.15, -0.1) is 0 Å². The molecule has 0 saturated carbocycles. The second-order valence-corrected chi connectivity index (χ2v) is 5.72. The van der Waals surface area contributed by atoms with Crippen LogP contribution in [0.1, 0.15) is 55.9 Å². The first-order chi connectivity index (χ1) is 9.97. The van der Waals surface area contributed by atoms with Crippen molar-refractivity contribution in [1.82, 2.24) is 0 Å². The fraction of sp³-hybridized carbons (Fsp3) is 0.556. The monoisotopic (exact) mass is 292 g/mol. The lowest BCUT2D eigenvalue weighted by atomic mass is 9.95. The summed E-state index contributed by atoms with van der Waals surface area (Å²) in [5.41, 5.74) is 4.29. The Morgan fingerprint density at radius 1 is 1.24 bits per heavy atom. The quantitative estimate of drug-likeness (QED) is 0.437. The maximum atomic E-state index is 10.5. The molecule has 0 amide bonds. The molecular weight excluding hydrogens is 264 g/mol. The fourth-order valence-electron chi connectivity index (χ4n) is 2.38. The number of allylic oxidation sites excluding steroid dienone is 2. The summed E-state index contributed by atoms with van der Waals surface area (Å²) in [5, 5.41) is 10.5. The standard InChI is InChI=1S/C18H28O3/c1-13(2)8-6-7-9-16(19)17-14(3)10-11-15(4)18(17)21-12-20-5/h8,10-11,16,19H,6-7,9,12H2,1-5H3. The Hall–Kier alpha value is -1.32. The Labute approximate surface area is 128 Å². The highest BCUT2D eigenvalue weighted by Crippen LogP contribution is 2.34. The number of rotatable bonds is 8. The molecule has 0 aliphatic rings. The zero-order valence-corrected chi connectivity index (χ0v) is 13.9. The summed E-state index contributed by atoms with van der Waals surface area (Å²) < 4.78 is 10.7. The molecule has 0 spiro atoms. The van der Waals surface area contributed by atoms with Gasteiger partial charge in [0, 0.05) is 12.7 Å². The third-order valence-corrected chi connectivity index (χ3v) is 3.50. The van der Waals surface area contributed by atoms with E-state index < -0.39 is 6.10 Å². The van der Waals surface area contributed by atoms with E-state index in [2.05, 4.69) is 19.9 Å². The van der Waals surface area contributed by atoms with Crippen molar-refractivity contribution in [2.45, 2.75) is 53.1 Å². The zero-order valence-electron chi connectivity index (χ0n) is 13.9. The predicted octanol–water partition coefficient (Wildman–Crippen LogP) is 4.46. The average Bonchev–Trinajstić information content (AvgIpc) is 2.43. The van der Waals surface area contributed by atoms with Crippen molar-refractivity contribution in [3.63, 3.8) is 0 Å². The number of benzene rings is 1. The SMILES string of the molecule is COCOc1c(C)ccc(C)c1C(O)CCCC=C(C)C. The Morgan fingerprint density at radius 3 is 2.52 bits per heavy atom. The van der Waals surface area contributed by atoms with E-state index in [0.717, 1.165) is 41.7 Å². The van der Waals surface area contributed by atoms with Crippen molar-refractivity contribution < 1.29 is 14.6 Å². The second kappa shape index (κ2) is 8.85. The number of ether oxygens (including phenoxy) is 2. The molecule has 1 rings (SSSR count). The summed E-state index contributed by atoms with van der Waals surface area (Å²) in [6.45, 7) is 8.38. The van der Waals surface area contributed by atoms with Gasteiger partial charge in [-0.3, -0.25) is 0 Å². The molecule has 1 unspecified atom stereocenters. The van der Waals surface area contributed by atoms with Crippen LogP contribution in [-0.4, -0.2) is 19.0 Å². The normalized spacial score (nSPS) is 12.1. The van der Waals surface area contributed by atoms with Crippen LogP contribution in [0.5, 0.6) is 5.75 Å². The number of aliphatic hydroxyl groups is 1. The van der Waals surface area contributed by atoms with Gasteiger partial charge in [-0.25, -0.2) is 0 Å². The minimum absolute atomic E-state index is 0.196. The lowest BCUT2D eigenvalue weighted by Gasteiger charge is -2.20. The summed E-state index contributed by atoms with van der Waals surface area (Å²) in [6, 6.07) is 4.05. The van der Waals surface area contributed by atoms with Crippen LogP contribution in [0, 0.1) is 13.8 Å². The van der Waals surface area contributed by atoms with Gasteiger partial charge in [0.1, 0.15) is 5.75 Å². The Morgan fingerprint density at radius 2 is 1.90 bits per heavy atom. The van der Waals surface area contributed by atoms with Gasteiger partial charge in [0.15, 0.2) is 6.79 Å². The van der Waals surface area contributed by atoms with Crippen molar-refractivity contribution in [2.24, 2.45) is 0 Å². The molecule has 0 radical (unpaired) electrons. The highest BCUT2D eigenvalue weighted by Gasteiger charge is 2.18. The van der Waals surface area contributed by atoms with Crippen LogP contribution in [0.2, 0.25) is 0 Å². The van der Waals surface area contributed by atoms with Crippen molar-refractivity contribution in [3.8, 4) is 5.75 Å². The number of methoxy groups -OCH3 is 1. The predicted molar refractivity (Wildman–Crippen MR) is 86.7 cm³/mol. The number of aliphatic hydroxyl groups excluding tert-OH is 1. The Balaban J connectivity index is 2.83. The molecule has 1 atom stereocenters. The topological polar surface area (TPSA) is 38.7 Å². The van der Waals surface area contributed by atoms with Crippen molar-refractivity contribution in [3.05, 3.63) is 40.5 Å². The molecule has 1 N–H and O–H groups in total. The lowest BCUT2D eigenvalue weighted by molar-refractivity contribution is 0.0470. The molecular formula is C18H28O3. The molecule has 0 aromatic heterocycles. The summed E-state index contributed by atoms with van der Waals surface area (Å²) >= 11 is 0. The van der Waals surface area contributed by atoms with E-state index in [4.69, 9.17) is 9.47 Å². The van der Waals surface area contributed by atoms with Gasteiger partial charge in [-0.2, -0.15) is 0 Å². The average molecular weight is 292 g/mol. The minimum Gasteiger partial charge on any atom is -0.467 e. The molecule has 0 fully saturated rings. The van der Waals surface area contributed by atoms with Gasteiger partial charge in [0.2, 0.25) is 0 Å². The third-order valence-electron chi connectivity index (χ3n) is 3.50. The van der Waals surface area contributed by atoms with Gasteiger partial charge < -0.3 is 14.6 Å². The zero-order chi connectivity index (χ0) is 15.8. The van der Waals surface area contributed by atoms with Gasteiger partial charge in [0.25, 0.3) is 0 Å². The molecule has 1 aromatic rings. The van der Waals surface area contributed by atoms with Gasteiger partial charge in [-0.1, -0.05) is 23.8 Å². The largest absolute Gasteiger partial charge is 0.467 e. The van der Waals surface area contributed by atoms with Crippen LogP contribution >= 0.6 is 0 Å². The minimum atomic E-state index is -0.498. The first-order valence-electron chi connectivity index (χ1n) is 7.50. The van der Waals surface area contributed by atoms with Gasteiger partial charge in [0.05, 0.1) is 6.10 Å². The van der Waals surface area contributed by atoms with E-state index >= 15 is 0 Å². The first-order valence-corrected chi connectivity index (χ1v) is 7.50. The Bertz CT molecular complexity index is 474. The highest BCUT2D eigenvalue weighted by molar-refractivity contribution is 5.46. The Kier molecular flexibility index (Phi) is 7.48. The molecule has 1 aromatic carbocycles. The molecule has 3 heteroatoms. The second-order valence-electron chi connectivity index (χ2n) is 5.72. The van der Waals surface area contributed by atoms with Crippen LogP contribution < -0.4 is 4.74 Å². The van der Waals surface area contributed by atoms with Crippen molar-refractivity contribution >= 4 is 0 Å². The smallest absolute Gasteiger partial charge is 0.188 e. The molecule has 0 bridgehead atoms. The first kappa shape index (κ1) is 17.7. The van der Waals surface area contributed by atoms with Crippen LogP contribution in [0.25, 0.3) is 0 Å². The molecule has 3 nitrogen and oxygen atoms in total. The number of aryl methyl sites for hydroxylation is 2. The van der Waals surface area contributed by atoms with Crippen molar-refractivity contribution in [1.29, 1.82) is 0 Å². The number of hydrogen-bond donors (Lipinski definition) is 1. The summed E-state index contributed by atoms with van der Waals surface area (Å²) in [6.07, 6.45) is 4.40. The van der Waals surface area contributed by atoms with E-state index in [0.29, 0.717) is 0 Å². The summed E-state index contributed by atoms with van der Waals surface area (Å²) in [7, 11) is 1.60. The van der Waals surface area contributed by atoms with Crippen LogP contribution in [0.15, 0.2) is 23.8 Å². The van der Waals surface area contributed by atoms with E-state index in [1.807, 2.05) is 26.0 Å². The maximum Gasteiger partial charge on any atom is 0.188 e. The molecule has 0 aliphatic heterocycles. The number of unbranched alkanes of at least 4 members (excludes halogenated alkanes) is 1. The number of hydrogen-bond acceptors (Lipinski definition) is 3. The van der Waals surface area contributed by atoms with Crippen LogP contribution in [0.3, 0.4) is 0 Å². The highest BCUT2D eigenvalue weighted by atomic mass is 16.7. The van der Waals surface area contributed by atoms with Crippen LogP contribution in [-0.2, 0) is 4.74 Å². The van der Waals surface area contributed by atoms with Gasteiger partial charge >= 0.3 is 0 Å². The molecule has 0 saturated heterocycles. The van der Waals surface area contributed by atoms with Crippen molar-refractivity contribution in [2.75, 3.05) is 13.9 Å². The third kappa shape index (κ3) is 5.52. The van der Waals surface area contributed by atoms with E-state index in [1.54, 1.807) is 7.11 Å². The van der Waals surface area contributed by atoms with E-state index in [1.165, 1.54) is 5.57 Å². The summed E-state index contributed by atoms with van der Waals surface area (Å²) in [5.74, 6) is 0.756. The molecule has 0 aliphatic carbocycles. The maximum absolute atomic E-state index is 10.5. The fourth-order valence-corrected chi connectivity index (χ4v) is 2.38. The van der Waals surface area contributed by atoms with E-state index in [9.17, 15) is 5.11 Å². The van der Waals surface area contributed by atoms with Gasteiger partial charge in [-0.05, 0) is 58.1 Å². The molecule has 21 heavy (non-hydrogen) atoms. The van der Waals surface area contributed by atoms with Crippen LogP contribution in [0.4, 0.5) is 0 Å². The molecule has 118 valence electrons.